The molecule has 1 heterocycles. The highest BCUT2D eigenvalue weighted by Gasteiger charge is 2.29. The molecular formula is C6H3BrF3NS. The van der Waals surface area contributed by atoms with Crippen LogP contribution in [0, 0.1) is 0 Å². The quantitative estimate of drug-likeness (QED) is 0.565. The molecule has 0 radical (unpaired) electrons. The third kappa shape index (κ3) is 3.44. The number of alkyl halides is 3. The predicted octanol–water partition coefficient (Wildman–Crippen LogP) is 3.46. The largest absolute Gasteiger partial charge is 0.447 e. The summed E-state index contributed by atoms with van der Waals surface area (Å²) in [6, 6.07) is 4.38. The van der Waals surface area contributed by atoms with Crippen LogP contribution in [0.25, 0.3) is 0 Å². The van der Waals surface area contributed by atoms with E-state index < -0.39 is 5.51 Å². The normalized spacial score (nSPS) is 11.7. The first-order valence-corrected chi connectivity index (χ1v) is 4.46. The minimum absolute atomic E-state index is 0.0584. The smallest absolute Gasteiger partial charge is 0.234 e. The molecule has 1 aromatic heterocycles. The molecule has 0 saturated heterocycles. The SMILES string of the molecule is FC(F)(F)Sc1cccc(Br)n1. The van der Waals surface area contributed by atoms with Crippen molar-refractivity contribution >= 4 is 27.7 Å². The zero-order valence-electron chi connectivity index (χ0n) is 5.60. The lowest BCUT2D eigenvalue weighted by molar-refractivity contribution is -0.0329. The van der Waals surface area contributed by atoms with Crippen molar-refractivity contribution in [1.82, 2.24) is 4.98 Å². The van der Waals surface area contributed by atoms with Gasteiger partial charge in [0.15, 0.2) is 0 Å². The third-order valence-corrected chi connectivity index (χ3v) is 2.02. The highest BCUT2D eigenvalue weighted by molar-refractivity contribution is 9.10. The monoisotopic (exact) mass is 257 g/mol. The second-order valence-corrected chi connectivity index (χ2v) is 3.74. The lowest BCUT2D eigenvalue weighted by atomic mass is 10.5. The summed E-state index contributed by atoms with van der Waals surface area (Å²) in [5.41, 5.74) is -4.27. The lowest BCUT2D eigenvalue weighted by Crippen LogP contribution is -1.99. The van der Waals surface area contributed by atoms with E-state index in [0.717, 1.165) is 0 Å². The van der Waals surface area contributed by atoms with Crippen molar-refractivity contribution in [2.45, 2.75) is 10.5 Å². The molecule has 12 heavy (non-hydrogen) atoms. The Balaban J connectivity index is 2.77. The molecule has 0 aliphatic rings. The molecule has 0 atom stereocenters. The van der Waals surface area contributed by atoms with Crippen LogP contribution in [0.5, 0.6) is 0 Å². The van der Waals surface area contributed by atoms with Gasteiger partial charge in [0.25, 0.3) is 0 Å². The summed E-state index contributed by atoms with van der Waals surface area (Å²) in [6.07, 6.45) is 0. The number of pyridine rings is 1. The average molecular weight is 258 g/mol. The molecule has 66 valence electrons. The Labute approximate surface area is 79.5 Å². The van der Waals surface area contributed by atoms with Gasteiger partial charge >= 0.3 is 5.51 Å². The van der Waals surface area contributed by atoms with Crippen molar-refractivity contribution in [3.05, 3.63) is 22.8 Å². The van der Waals surface area contributed by atoms with E-state index in [1.807, 2.05) is 0 Å². The minimum atomic E-state index is -4.27. The van der Waals surface area contributed by atoms with Crippen molar-refractivity contribution in [1.29, 1.82) is 0 Å². The van der Waals surface area contributed by atoms with Crippen LogP contribution >= 0.6 is 27.7 Å². The first-order chi connectivity index (χ1) is 5.47. The molecule has 0 aromatic carbocycles. The number of hydrogen-bond acceptors (Lipinski definition) is 2. The fourth-order valence-electron chi connectivity index (χ4n) is 0.565. The van der Waals surface area contributed by atoms with Gasteiger partial charge in [0.2, 0.25) is 0 Å². The Morgan fingerprint density at radius 3 is 2.50 bits per heavy atom. The maximum absolute atomic E-state index is 11.8. The van der Waals surface area contributed by atoms with Gasteiger partial charge in [0.05, 0.1) is 0 Å². The van der Waals surface area contributed by atoms with Crippen LogP contribution in [0.1, 0.15) is 0 Å². The summed E-state index contributed by atoms with van der Waals surface area (Å²) >= 11 is 2.75. The van der Waals surface area contributed by atoms with Crippen molar-refractivity contribution in [3.63, 3.8) is 0 Å². The average Bonchev–Trinajstić information content (AvgIpc) is 1.82. The van der Waals surface area contributed by atoms with E-state index in [4.69, 9.17) is 0 Å². The van der Waals surface area contributed by atoms with E-state index in [-0.39, 0.29) is 16.8 Å². The van der Waals surface area contributed by atoms with Crippen LogP contribution in [-0.4, -0.2) is 10.5 Å². The molecule has 0 unspecified atom stereocenters. The van der Waals surface area contributed by atoms with Gasteiger partial charge in [-0.3, -0.25) is 0 Å². The summed E-state index contributed by atoms with van der Waals surface area (Å²) in [5, 5.41) is -0.0584. The molecule has 0 aliphatic heterocycles. The number of halogens is 4. The topological polar surface area (TPSA) is 12.9 Å². The van der Waals surface area contributed by atoms with E-state index in [9.17, 15) is 13.2 Å². The summed E-state index contributed by atoms with van der Waals surface area (Å²) < 4.78 is 35.7. The van der Waals surface area contributed by atoms with Crippen molar-refractivity contribution < 1.29 is 13.2 Å². The Kier molecular flexibility index (Phi) is 3.00. The van der Waals surface area contributed by atoms with Gasteiger partial charge in [-0.15, -0.1) is 0 Å². The maximum Gasteiger partial charge on any atom is 0.447 e. The lowest BCUT2D eigenvalue weighted by Gasteiger charge is -2.03. The molecule has 0 bridgehead atoms. The minimum Gasteiger partial charge on any atom is -0.234 e. The maximum atomic E-state index is 11.8. The van der Waals surface area contributed by atoms with Crippen molar-refractivity contribution in [2.24, 2.45) is 0 Å². The number of hydrogen-bond donors (Lipinski definition) is 0. The Morgan fingerprint density at radius 1 is 1.33 bits per heavy atom. The van der Waals surface area contributed by atoms with Crippen molar-refractivity contribution in [2.75, 3.05) is 0 Å². The van der Waals surface area contributed by atoms with Gasteiger partial charge in [-0.1, -0.05) is 6.07 Å². The number of rotatable bonds is 1. The van der Waals surface area contributed by atoms with Gasteiger partial charge in [-0.05, 0) is 28.1 Å². The van der Waals surface area contributed by atoms with E-state index in [0.29, 0.717) is 4.60 Å². The molecule has 0 amide bonds. The Hall–Kier alpha value is -0.230. The molecule has 0 fully saturated rings. The van der Waals surface area contributed by atoms with Gasteiger partial charge < -0.3 is 0 Å². The van der Waals surface area contributed by atoms with E-state index in [1.165, 1.54) is 12.1 Å². The number of aromatic nitrogens is 1. The molecule has 0 N–H and O–H groups in total. The van der Waals surface area contributed by atoms with Crippen LogP contribution < -0.4 is 0 Å². The molecular weight excluding hydrogens is 255 g/mol. The van der Waals surface area contributed by atoms with Crippen LogP contribution in [0.2, 0.25) is 0 Å². The fraction of sp³-hybridized carbons (Fsp3) is 0.167. The summed E-state index contributed by atoms with van der Waals surface area (Å²) in [5.74, 6) is 0. The van der Waals surface area contributed by atoms with Crippen LogP contribution in [0.3, 0.4) is 0 Å². The fourth-order valence-corrected chi connectivity index (χ4v) is 1.55. The molecule has 1 nitrogen and oxygen atoms in total. The summed E-state index contributed by atoms with van der Waals surface area (Å²) in [6.45, 7) is 0. The highest BCUT2D eigenvalue weighted by Crippen LogP contribution is 2.35. The zero-order valence-corrected chi connectivity index (χ0v) is 8.00. The Morgan fingerprint density at radius 2 is 2.00 bits per heavy atom. The second kappa shape index (κ2) is 3.66. The standard InChI is InChI=1S/C6H3BrF3NS/c7-4-2-1-3-5(11-4)12-6(8,9)10/h1-3H. The van der Waals surface area contributed by atoms with Crippen molar-refractivity contribution in [3.8, 4) is 0 Å². The van der Waals surface area contributed by atoms with E-state index in [1.54, 1.807) is 6.07 Å². The first-order valence-electron chi connectivity index (χ1n) is 2.86. The van der Waals surface area contributed by atoms with Crippen LogP contribution in [0.4, 0.5) is 13.2 Å². The molecule has 1 rings (SSSR count). The summed E-state index contributed by atoms with van der Waals surface area (Å²) in [7, 11) is 0. The number of thioether (sulfide) groups is 1. The van der Waals surface area contributed by atoms with E-state index in [2.05, 4.69) is 20.9 Å². The second-order valence-electron chi connectivity index (χ2n) is 1.85. The van der Waals surface area contributed by atoms with Gasteiger partial charge in [0.1, 0.15) is 9.63 Å². The molecule has 0 spiro atoms. The van der Waals surface area contributed by atoms with E-state index >= 15 is 0 Å². The van der Waals surface area contributed by atoms with Gasteiger partial charge in [-0.25, -0.2) is 4.98 Å². The molecule has 6 heteroatoms. The molecule has 1 aromatic rings. The van der Waals surface area contributed by atoms with Crippen LogP contribution in [0.15, 0.2) is 27.8 Å². The molecule has 0 saturated carbocycles. The Bertz CT molecular complexity index is 276. The molecule has 0 aliphatic carbocycles. The summed E-state index contributed by atoms with van der Waals surface area (Å²) in [4.78, 5) is 3.62. The predicted molar refractivity (Wildman–Crippen MR) is 43.8 cm³/mol. The zero-order chi connectivity index (χ0) is 9.19. The third-order valence-electron chi connectivity index (χ3n) is 0.910. The first kappa shape index (κ1) is 9.85. The van der Waals surface area contributed by atoms with Gasteiger partial charge in [-0.2, -0.15) is 13.2 Å². The van der Waals surface area contributed by atoms with Gasteiger partial charge in [0, 0.05) is 11.8 Å². The highest BCUT2D eigenvalue weighted by atomic mass is 79.9. The van der Waals surface area contributed by atoms with Crippen LogP contribution in [-0.2, 0) is 0 Å². The number of nitrogens with zero attached hydrogens (tertiary/aromatic N) is 1.